The summed E-state index contributed by atoms with van der Waals surface area (Å²) in [6.07, 6.45) is 4.84. The molecule has 30 heavy (non-hydrogen) atoms. The largest absolute Gasteiger partial charge is 0.467 e. The summed E-state index contributed by atoms with van der Waals surface area (Å²) in [6.45, 7) is 2.07. The van der Waals surface area contributed by atoms with Crippen molar-refractivity contribution >= 4 is 0 Å². The molecule has 0 amide bonds. The second-order valence-electron chi connectivity index (χ2n) is 7.58. The quantitative estimate of drug-likeness (QED) is 0.515. The molecule has 0 bridgehead atoms. The highest BCUT2D eigenvalue weighted by Crippen LogP contribution is 2.23. The molecular weight excluding hydrogens is 380 g/mol. The fourth-order valence-electron chi connectivity index (χ4n) is 3.93. The number of para-hydroxylation sites is 2. The van der Waals surface area contributed by atoms with Crippen LogP contribution >= 0.6 is 0 Å². The van der Waals surface area contributed by atoms with Crippen molar-refractivity contribution in [3.05, 3.63) is 59.7 Å². The van der Waals surface area contributed by atoms with Gasteiger partial charge in [-0.3, -0.25) is 0 Å². The van der Waals surface area contributed by atoms with Crippen LogP contribution in [0.2, 0.25) is 0 Å². The van der Waals surface area contributed by atoms with Crippen LogP contribution in [0.1, 0.15) is 36.8 Å². The lowest BCUT2D eigenvalue weighted by Crippen LogP contribution is -2.49. The molecule has 0 radical (unpaired) electrons. The Labute approximate surface area is 179 Å². The van der Waals surface area contributed by atoms with Gasteiger partial charge in [0.2, 0.25) is 0 Å². The van der Waals surface area contributed by atoms with Gasteiger partial charge < -0.3 is 29.6 Å². The van der Waals surface area contributed by atoms with Crippen LogP contribution in [0.15, 0.2) is 48.5 Å². The average Bonchev–Trinajstić information content (AvgIpc) is 2.80. The summed E-state index contributed by atoms with van der Waals surface area (Å²) >= 11 is 0. The Morgan fingerprint density at radius 3 is 1.57 bits per heavy atom. The van der Waals surface area contributed by atoms with Gasteiger partial charge >= 0.3 is 0 Å². The standard InChI is InChI=1S/C24H34N2O4/c1-27-17-29-23-13-7-3-9-19(23)15-25-21-11-5-6-12-22(21)26-16-20-10-4-8-14-24(20)30-18-28-2/h3-4,7-10,13-14,21-22,25-26H,5-6,11-12,15-18H2,1-2H3/t21-,22-/m1/s1. The van der Waals surface area contributed by atoms with Gasteiger partial charge in [-0.15, -0.1) is 0 Å². The second kappa shape index (κ2) is 12.5. The summed E-state index contributed by atoms with van der Waals surface area (Å²) in [5.41, 5.74) is 2.30. The Hall–Kier alpha value is -2.12. The Balaban J connectivity index is 1.57. The number of ether oxygens (including phenoxy) is 4. The van der Waals surface area contributed by atoms with E-state index in [4.69, 9.17) is 18.9 Å². The SMILES string of the molecule is COCOc1ccccc1CN[C@@H]1CCCC[C@H]1NCc1ccccc1OCOC. The normalized spacial score (nSPS) is 18.9. The van der Waals surface area contributed by atoms with E-state index in [1.807, 2.05) is 36.4 Å². The topological polar surface area (TPSA) is 61.0 Å². The molecule has 0 aromatic heterocycles. The number of nitrogens with one attached hydrogen (secondary N) is 2. The van der Waals surface area contributed by atoms with Crippen molar-refractivity contribution in [2.75, 3.05) is 27.8 Å². The van der Waals surface area contributed by atoms with Crippen molar-refractivity contribution < 1.29 is 18.9 Å². The third kappa shape index (κ3) is 6.71. The summed E-state index contributed by atoms with van der Waals surface area (Å²) in [7, 11) is 3.27. The predicted octanol–water partition coefficient (Wildman–Crippen LogP) is 3.84. The molecule has 2 aromatic carbocycles. The summed E-state index contributed by atoms with van der Waals surface area (Å²) in [5, 5.41) is 7.51. The Kier molecular flexibility index (Phi) is 9.44. The van der Waals surface area contributed by atoms with Crippen molar-refractivity contribution in [3.63, 3.8) is 0 Å². The first-order valence-electron chi connectivity index (χ1n) is 10.7. The van der Waals surface area contributed by atoms with E-state index in [-0.39, 0.29) is 13.6 Å². The molecule has 1 aliphatic rings. The van der Waals surface area contributed by atoms with Crippen molar-refractivity contribution in [1.29, 1.82) is 0 Å². The lowest BCUT2D eigenvalue weighted by molar-refractivity contribution is 0.0500. The summed E-state index contributed by atoms with van der Waals surface area (Å²) < 4.78 is 21.5. The minimum absolute atomic E-state index is 0.259. The molecule has 1 fully saturated rings. The molecule has 6 heteroatoms. The number of hydrogen-bond acceptors (Lipinski definition) is 6. The highest BCUT2D eigenvalue weighted by molar-refractivity contribution is 5.34. The van der Waals surface area contributed by atoms with Crippen LogP contribution in [0.5, 0.6) is 11.5 Å². The van der Waals surface area contributed by atoms with Crippen molar-refractivity contribution in [2.24, 2.45) is 0 Å². The van der Waals surface area contributed by atoms with Gasteiger partial charge in [-0.05, 0) is 25.0 Å². The van der Waals surface area contributed by atoms with Crippen LogP contribution in [0.4, 0.5) is 0 Å². The van der Waals surface area contributed by atoms with Crippen LogP contribution in [0.3, 0.4) is 0 Å². The minimum atomic E-state index is 0.259. The average molecular weight is 415 g/mol. The molecule has 1 aliphatic carbocycles. The van der Waals surface area contributed by atoms with Crippen LogP contribution in [0.25, 0.3) is 0 Å². The number of benzene rings is 2. The van der Waals surface area contributed by atoms with E-state index in [1.54, 1.807) is 14.2 Å². The summed E-state index contributed by atoms with van der Waals surface area (Å²) in [5.74, 6) is 1.74. The second-order valence-corrected chi connectivity index (χ2v) is 7.58. The molecule has 0 unspecified atom stereocenters. The van der Waals surface area contributed by atoms with E-state index in [2.05, 4.69) is 22.8 Å². The summed E-state index contributed by atoms with van der Waals surface area (Å²) in [4.78, 5) is 0. The third-order valence-electron chi connectivity index (χ3n) is 5.49. The van der Waals surface area contributed by atoms with Crippen LogP contribution in [-0.2, 0) is 22.6 Å². The molecule has 0 aliphatic heterocycles. The van der Waals surface area contributed by atoms with E-state index < -0.39 is 0 Å². The molecule has 164 valence electrons. The molecule has 1 saturated carbocycles. The first kappa shape index (κ1) is 22.6. The van der Waals surface area contributed by atoms with Crippen LogP contribution in [-0.4, -0.2) is 39.9 Å². The molecular formula is C24H34N2O4. The molecule has 2 aromatic rings. The van der Waals surface area contributed by atoms with Gasteiger partial charge in [-0.25, -0.2) is 0 Å². The number of rotatable bonds is 12. The van der Waals surface area contributed by atoms with Gasteiger partial charge in [0.25, 0.3) is 0 Å². The van der Waals surface area contributed by atoms with E-state index in [0.717, 1.165) is 35.7 Å². The highest BCUT2D eigenvalue weighted by Gasteiger charge is 2.24. The zero-order chi connectivity index (χ0) is 21.0. The Morgan fingerprint density at radius 2 is 1.13 bits per heavy atom. The molecule has 3 rings (SSSR count). The van der Waals surface area contributed by atoms with E-state index in [1.165, 1.54) is 25.7 Å². The first-order valence-corrected chi connectivity index (χ1v) is 10.7. The lowest BCUT2D eigenvalue weighted by Gasteiger charge is -2.33. The Morgan fingerprint density at radius 1 is 0.700 bits per heavy atom. The lowest BCUT2D eigenvalue weighted by atomic mass is 9.90. The number of methoxy groups -OCH3 is 2. The van der Waals surface area contributed by atoms with Gasteiger partial charge in [0.05, 0.1) is 0 Å². The van der Waals surface area contributed by atoms with Crippen LogP contribution in [0, 0.1) is 0 Å². The van der Waals surface area contributed by atoms with Gasteiger partial charge in [0.15, 0.2) is 13.6 Å². The molecule has 6 nitrogen and oxygen atoms in total. The maximum absolute atomic E-state index is 5.70. The van der Waals surface area contributed by atoms with Gasteiger partial charge in [-0.1, -0.05) is 49.2 Å². The monoisotopic (exact) mass is 414 g/mol. The first-order chi connectivity index (χ1) is 14.8. The highest BCUT2D eigenvalue weighted by atomic mass is 16.7. The zero-order valence-electron chi connectivity index (χ0n) is 18.1. The molecule has 0 heterocycles. The molecule has 2 atom stereocenters. The summed E-state index contributed by atoms with van der Waals surface area (Å²) in [6, 6.07) is 17.1. The fraction of sp³-hybridized carbons (Fsp3) is 0.500. The third-order valence-corrected chi connectivity index (χ3v) is 5.49. The fourth-order valence-corrected chi connectivity index (χ4v) is 3.93. The Bertz CT molecular complexity index is 692. The minimum Gasteiger partial charge on any atom is -0.467 e. The molecule has 0 saturated heterocycles. The van der Waals surface area contributed by atoms with E-state index in [0.29, 0.717) is 12.1 Å². The van der Waals surface area contributed by atoms with Crippen molar-refractivity contribution in [3.8, 4) is 11.5 Å². The van der Waals surface area contributed by atoms with Gasteiger partial charge in [-0.2, -0.15) is 0 Å². The van der Waals surface area contributed by atoms with Crippen molar-refractivity contribution in [2.45, 2.75) is 50.9 Å². The van der Waals surface area contributed by atoms with E-state index >= 15 is 0 Å². The van der Waals surface area contributed by atoms with Gasteiger partial charge in [0.1, 0.15) is 11.5 Å². The number of hydrogen-bond donors (Lipinski definition) is 2. The molecule has 2 N–H and O–H groups in total. The predicted molar refractivity (Wildman–Crippen MR) is 118 cm³/mol. The maximum atomic E-state index is 5.70. The van der Waals surface area contributed by atoms with Crippen molar-refractivity contribution in [1.82, 2.24) is 10.6 Å². The smallest absolute Gasteiger partial charge is 0.188 e. The molecule has 0 spiro atoms. The van der Waals surface area contributed by atoms with Crippen LogP contribution < -0.4 is 20.1 Å². The maximum Gasteiger partial charge on any atom is 0.188 e. The van der Waals surface area contributed by atoms with Gasteiger partial charge in [0, 0.05) is 50.5 Å². The zero-order valence-corrected chi connectivity index (χ0v) is 18.1. The van der Waals surface area contributed by atoms with E-state index in [9.17, 15) is 0 Å².